The third-order valence-electron chi connectivity index (χ3n) is 4.18. The molecule has 4 nitrogen and oxygen atoms in total. The monoisotopic (exact) mass is 387 g/mol. The minimum absolute atomic E-state index is 0.124. The van der Waals surface area contributed by atoms with Crippen molar-refractivity contribution in [2.75, 3.05) is 10.6 Å². The topological polar surface area (TPSA) is 64.9 Å². The van der Waals surface area contributed by atoms with Crippen LogP contribution in [0.1, 0.15) is 30.5 Å². The van der Waals surface area contributed by atoms with Crippen LogP contribution in [0.25, 0.3) is 0 Å². The van der Waals surface area contributed by atoms with Crippen LogP contribution in [0, 0.1) is 11.3 Å². The molecule has 0 spiro atoms. The minimum atomic E-state index is -4.47. The van der Waals surface area contributed by atoms with Crippen molar-refractivity contribution in [2.45, 2.75) is 32.9 Å². The summed E-state index contributed by atoms with van der Waals surface area (Å²) >= 11 is 0. The number of alkyl halides is 3. The van der Waals surface area contributed by atoms with Crippen LogP contribution in [0.3, 0.4) is 0 Å². The lowest BCUT2D eigenvalue weighted by Gasteiger charge is -2.14. The van der Waals surface area contributed by atoms with Gasteiger partial charge in [0.15, 0.2) is 0 Å². The van der Waals surface area contributed by atoms with Gasteiger partial charge in [0.25, 0.3) is 5.91 Å². The average Bonchev–Trinajstić information content (AvgIpc) is 2.68. The van der Waals surface area contributed by atoms with Crippen LogP contribution < -0.4 is 10.6 Å². The number of hydrogen-bond acceptors (Lipinski definition) is 3. The summed E-state index contributed by atoms with van der Waals surface area (Å²) in [5, 5.41) is 14.6. The molecular formula is C21H20F3N3O. The fraction of sp³-hybridized carbons (Fsp3) is 0.238. The van der Waals surface area contributed by atoms with E-state index in [1.165, 1.54) is 12.1 Å². The average molecular weight is 387 g/mol. The second-order valence-corrected chi connectivity index (χ2v) is 6.01. The van der Waals surface area contributed by atoms with Gasteiger partial charge in [-0.1, -0.05) is 38.1 Å². The summed E-state index contributed by atoms with van der Waals surface area (Å²) in [4.78, 5) is 12.5. The van der Waals surface area contributed by atoms with E-state index in [0.717, 1.165) is 29.5 Å². The Morgan fingerprint density at radius 3 is 2.25 bits per heavy atom. The number of hydrogen-bond donors (Lipinski definition) is 2. The second kappa shape index (κ2) is 9.09. The Balaban J connectivity index is 2.22. The zero-order valence-electron chi connectivity index (χ0n) is 15.5. The van der Waals surface area contributed by atoms with Gasteiger partial charge in [0.05, 0.1) is 5.56 Å². The molecule has 2 aromatic rings. The highest BCUT2D eigenvalue weighted by atomic mass is 19.4. The van der Waals surface area contributed by atoms with Gasteiger partial charge < -0.3 is 10.6 Å². The molecule has 0 aliphatic carbocycles. The number of para-hydroxylation sites is 1. The van der Waals surface area contributed by atoms with Gasteiger partial charge in [-0.2, -0.15) is 18.4 Å². The quantitative estimate of drug-likeness (QED) is 0.523. The Bertz CT molecular complexity index is 905. The molecule has 0 aliphatic rings. The van der Waals surface area contributed by atoms with E-state index in [-0.39, 0.29) is 11.3 Å². The van der Waals surface area contributed by atoms with Crippen LogP contribution in [0.15, 0.2) is 54.2 Å². The number of benzene rings is 2. The van der Waals surface area contributed by atoms with E-state index < -0.39 is 17.6 Å². The number of carbonyl (C=O) groups excluding carboxylic acids is 1. The maximum absolute atomic E-state index is 12.8. The smallest absolute Gasteiger partial charge is 0.360 e. The summed E-state index contributed by atoms with van der Waals surface area (Å²) in [7, 11) is 0. The van der Waals surface area contributed by atoms with Gasteiger partial charge in [0.2, 0.25) is 0 Å². The van der Waals surface area contributed by atoms with Crippen molar-refractivity contribution in [1.29, 1.82) is 5.26 Å². The van der Waals surface area contributed by atoms with Crippen LogP contribution in [0.5, 0.6) is 0 Å². The van der Waals surface area contributed by atoms with Crippen molar-refractivity contribution < 1.29 is 18.0 Å². The van der Waals surface area contributed by atoms with Crippen LogP contribution in [0.4, 0.5) is 24.5 Å². The van der Waals surface area contributed by atoms with Crippen molar-refractivity contribution in [2.24, 2.45) is 0 Å². The fourth-order valence-electron chi connectivity index (χ4n) is 2.67. The molecule has 2 rings (SSSR count). The second-order valence-electron chi connectivity index (χ2n) is 6.01. The largest absolute Gasteiger partial charge is 0.416 e. The molecule has 0 saturated heterocycles. The molecule has 0 heterocycles. The van der Waals surface area contributed by atoms with Crippen molar-refractivity contribution in [3.05, 3.63) is 70.9 Å². The predicted octanol–water partition coefficient (Wildman–Crippen LogP) is 5.29. The number of anilines is 2. The fourth-order valence-corrected chi connectivity index (χ4v) is 2.67. The van der Waals surface area contributed by atoms with E-state index >= 15 is 0 Å². The number of carbonyl (C=O) groups is 1. The van der Waals surface area contributed by atoms with E-state index in [1.54, 1.807) is 6.07 Å². The maximum atomic E-state index is 12.8. The number of amides is 1. The Morgan fingerprint density at radius 2 is 1.71 bits per heavy atom. The number of aryl methyl sites for hydroxylation is 2. The van der Waals surface area contributed by atoms with E-state index in [0.29, 0.717) is 18.5 Å². The summed E-state index contributed by atoms with van der Waals surface area (Å²) < 4.78 is 38.4. The first kappa shape index (κ1) is 21.0. The number of rotatable bonds is 6. The number of nitrogens with zero attached hydrogens (tertiary/aromatic N) is 1. The minimum Gasteiger partial charge on any atom is -0.360 e. The van der Waals surface area contributed by atoms with Crippen LogP contribution in [-0.2, 0) is 23.8 Å². The molecule has 0 saturated carbocycles. The molecule has 0 unspecified atom stereocenters. The first-order valence-corrected chi connectivity index (χ1v) is 8.76. The number of nitriles is 1. The molecule has 0 bridgehead atoms. The van der Waals surface area contributed by atoms with Crippen molar-refractivity contribution in [3.63, 3.8) is 0 Å². The number of halogens is 3. The lowest BCUT2D eigenvalue weighted by atomic mass is 10.0. The molecule has 0 aromatic heterocycles. The van der Waals surface area contributed by atoms with Gasteiger partial charge in [-0.25, -0.2) is 0 Å². The van der Waals surface area contributed by atoms with Crippen molar-refractivity contribution in [1.82, 2.24) is 0 Å². The highest BCUT2D eigenvalue weighted by Crippen LogP contribution is 2.30. The zero-order valence-corrected chi connectivity index (χ0v) is 15.5. The molecule has 146 valence electrons. The van der Waals surface area contributed by atoms with Crippen LogP contribution in [-0.4, -0.2) is 5.91 Å². The molecule has 2 aromatic carbocycles. The molecule has 28 heavy (non-hydrogen) atoms. The summed E-state index contributed by atoms with van der Waals surface area (Å²) in [6.07, 6.45) is -1.96. The van der Waals surface area contributed by atoms with Gasteiger partial charge in [-0.3, -0.25) is 4.79 Å². The van der Waals surface area contributed by atoms with Gasteiger partial charge in [-0.05, 0) is 42.2 Å². The standard InChI is InChI=1S/C21H20F3N3O/c1-3-14-7-5-8-15(4-2)19(14)27-20(28)16(12-25)13-26-18-10-6-9-17(11-18)21(22,23)24/h5-11,13,26H,3-4H2,1-2H3,(H,27,28)/b16-13-. The van der Waals surface area contributed by atoms with E-state index in [9.17, 15) is 23.2 Å². The van der Waals surface area contributed by atoms with Crippen LogP contribution in [0.2, 0.25) is 0 Å². The number of nitrogens with one attached hydrogen (secondary N) is 2. The zero-order chi connectivity index (χ0) is 20.7. The highest BCUT2D eigenvalue weighted by molar-refractivity contribution is 6.07. The molecule has 0 aliphatic heterocycles. The first-order valence-electron chi connectivity index (χ1n) is 8.76. The normalized spacial score (nSPS) is 11.6. The Kier molecular flexibility index (Phi) is 6.83. The van der Waals surface area contributed by atoms with E-state index in [4.69, 9.17) is 0 Å². The summed E-state index contributed by atoms with van der Waals surface area (Å²) in [6, 6.07) is 12.0. The first-order chi connectivity index (χ1) is 13.3. The Labute approximate surface area is 161 Å². The molecule has 0 fully saturated rings. The highest BCUT2D eigenvalue weighted by Gasteiger charge is 2.30. The summed E-state index contributed by atoms with van der Waals surface area (Å²) in [6.45, 7) is 3.92. The summed E-state index contributed by atoms with van der Waals surface area (Å²) in [5.41, 5.74) is 1.60. The van der Waals surface area contributed by atoms with Gasteiger partial charge in [0, 0.05) is 17.6 Å². The SMILES string of the molecule is CCc1cccc(CC)c1NC(=O)/C(C#N)=C\Nc1cccc(C(F)(F)F)c1. The summed E-state index contributed by atoms with van der Waals surface area (Å²) in [5.74, 6) is -0.627. The lowest BCUT2D eigenvalue weighted by Crippen LogP contribution is -2.17. The van der Waals surface area contributed by atoms with Crippen molar-refractivity contribution >= 4 is 17.3 Å². The van der Waals surface area contributed by atoms with Gasteiger partial charge in [0.1, 0.15) is 11.6 Å². The molecule has 7 heteroatoms. The van der Waals surface area contributed by atoms with Crippen molar-refractivity contribution in [3.8, 4) is 6.07 Å². The van der Waals surface area contributed by atoms with Gasteiger partial charge >= 0.3 is 6.18 Å². The Hall–Kier alpha value is -3.27. The third-order valence-corrected chi connectivity index (χ3v) is 4.18. The predicted molar refractivity (Wildman–Crippen MR) is 103 cm³/mol. The van der Waals surface area contributed by atoms with E-state index in [2.05, 4.69) is 10.6 Å². The van der Waals surface area contributed by atoms with Crippen LogP contribution >= 0.6 is 0 Å². The molecule has 1 amide bonds. The maximum Gasteiger partial charge on any atom is 0.416 e. The Morgan fingerprint density at radius 1 is 1.11 bits per heavy atom. The van der Waals surface area contributed by atoms with E-state index in [1.807, 2.05) is 32.0 Å². The van der Waals surface area contributed by atoms with Gasteiger partial charge in [-0.15, -0.1) is 0 Å². The third kappa shape index (κ3) is 5.13. The molecule has 0 atom stereocenters. The molecule has 0 radical (unpaired) electrons. The lowest BCUT2D eigenvalue weighted by molar-refractivity contribution is -0.137. The molecule has 2 N–H and O–H groups in total. The molecular weight excluding hydrogens is 367 g/mol.